The van der Waals surface area contributed by atoms with Gasteiger partial charge in [-0.25, -0.2) is 4.98 Å². The molecule has 0 radical (unpaired) electrons. The summed E-state index contributed by atoms with van der Waals surface area (Å²) < 4.78 is 0. The van der Waals surface area contributed by atoms with Gasteiger partial charge in [-0.3, -0.25) is 4.98 Å². The number of hydrogen-bond donors (Lipinski definition) is 2. The summed E-state index contributed by atoms with van der Waals surface area (Å²) in [4.78, 5) is 8.57. The van der Waals surface area contributed by atoms with Gasteiger partial charge in [-0.1, -0.05) is 30.3 Å². The van der Waals surface area contributed by atoms with Crippen molar-refractivity contribution in [1.29, 1.82) is 0 Å². The van der Waals surface area contributed by atoms with E-state index in [9.17, 15) is 0 Å². The summed E-state index contributed by atoms with van der Waals surface area (Å²) >= 11 is 0. The van der Waals surface area contributed by atoms with Crippen molar-refractivity contribution in [3.63, 3.8) is 0 Å². The zero-order valence-electron chi connectivity index (χ0n) is 11.3. The maximum Gasteiger partial charge on any atom is 0.146 e. The third kappa shape index (κ3) is 4.58. The number of aromatic nitrogens is 2. The third-order valence-corrected chi connectivity index (χ3v) is 2.78. The molecular weight excluding hydrogens is 236 g/mol. The summed E-state index contributed by atoms with van der Waals surface area (Å²) in [6, 6.07) is 10.5. The van der Waals surface area contributed by atoms with Gasteiger partial charge >= 0.3 is 0 Å². The zero-order chi connectivity index (χ0) is 13.3. The molecule has 2 aromatic rings. The minimum Gasteiger partial charge on any atom is -0.369 e. The van der Waals surface area contributed by atoms with Gasteiger partial charge in [0.15, 0.2) is 0 Å². The molecule has 0 bridgehead atoms. The lowest BCUT2D eigenvalue weighted by Crippen LogP contribution is -2.07. The highest BCUT2D eigenvalue weighted by Gasteiger charge is 1.97. The van der Waals surface area contributed by atoms with Crippen molar-refractivity contribution in [3.05, 3.63) is 48.3 Å². The smallest absolute Gasteiger partial charge is 0.146 e. The van der Waals surface area contributed by atoms with E-state index in [1.807, 2.05) is 13.0 Å². The van der Waals surface area contributed by atoms with Gasteiger partial charge in [0.1, 0.15) is 11.6 Å². The Hall–Kier alpha value is -2.10. The maximum atomic E-state index is 4.42. The number of aryl methyl sites for hydroxylation is 1. The van der Waals surface area contributed by atoms with Crippen molar-refractivity contribution in [1.82, 2.24) is 9.97 Å². The fourth-order valence-electron chi connectivity index (χ4n) is 1.87. The first-order chi connectivity index (χ1) is 9.38. The predicted molar refractivity (Wildman–Crippen MR) is 79.4 cm³/mol. The lowest BCUT2D eigenvalue weighted by Gasteiger charge is -2.07. The van der Waals surface area contributed by atoms with Crippen LogP contribution in [0.1, 0.15) is 18.9 Å². The van der Waals surface area contributed by atoms with E-state index in [0.29, 0.717) is 0 Å². The highest BCUT2D eigenvalue weighted by molar-refractivity contribution is 5.41. The summed E-state index contributed by atoms with van der Waals surface area (Å²) in [5.74, 6) is 1.64. The molecule has 4 nitrogen and oxygen atoms in total. The molecule has 0 saturated heterocycles. The second-order valence-electron chi connectivity index (χ2n) is 4.34. The van der Waals surface area contributed by atoms with Gasteiger partial charge in [0.05, 0.1) is 12.4 Å². The van der Waals surface area contributed by atoms with E-state index >= 15 is 0 Å². The van der Waals surface area contributed by atoms with Crippen LogP contribution in [0, 0.1) is 0 Å². The first kappa shape index (κ1) is 13.3. The fraction of sp³-hybridized carbons (Fsp3) is 0.333. The van der Waals surface area contributed by atoms with Gasteiger partial charge in [0.2, 0.25) is 0 Å². The van der Waals surface area contributed by atoms with E-state index in [4.69, 9.17) is 0 Å². The molecule has 0 unspecified atom stereocenters. The summed E-state index contributed by atoms with van der Waals surface area (Å²) in [5.41, 5.74) is 1.37. The van der Waals surface area contributed by atoms with Crippen molar-refractivity contribution in [3.8, 4) is 0 Å². The zero-order valence-corrected chi connectivity index (χ0v) is 11.3. The number of rotatable bonds is 7. The first-order valence-corrected chi connectivity index (χ1v) is 6.72. The molecule has 2 N–H and O–H groups in total. The molecule has 0 aliphatic rings. The first-order valence-electron chi connectivity index (χ1n) is 6.72. The Kier molecular flexibility index (Phi) is 5.17. The van der Waals surface area contributed by atoms with Crippen LogP contribution < -0.4 is 10.6 Å². The van der Waals surface area contributed by atoms with Crippen LogP contribution in [0.5, 0.6) is 0 Å². The monoisotopic (exact) mass is 256 g/mol. The van der Waals surface area contributed by atoms with Gasteiger partial charge in [-0.2, -0.15) is 0 Å². The minimum atomic E-state index is 0.815. The Morgan fingerprint density at radius 1 is 1.00 bits per heavy atom. The van der Waals surface area contributed by atoms with Crippen LogP contribution in [0.2, 0.25) is 0 Å². The second kappa shape index (κ2) is 7.36. The van der Waals surface area contributed by atoms with Gasteiger partial charge in [0, 0.05) is 13.1 Å². The van der Waals surface area contributed by atoms with Crippen molar-refractivity contribution in [2.75, 3.05) is 23.7 Å². The standard InChI is InChI=1S/C15H20N4/c1-2-17-14-11-16-12-15(19-14)18-10-6-9-13-7-4-3-5-8-13/h3-5,7-8,11-12H,2,6,9-10H2,1H3,(H2,17,18,19). The molecule has 0 fully saturated rings. The SMILES string of the molecule is CCNc1cncc(NCCCc2ccccc2)n1. The molecule has 0 saturated carbocycles. The molecule has 0 spiro atoms. The Bertz CT molecular complexity index is 485. The van der Waals surface area contributed by atoms with Crippen LogP contribution in [0.4, 0.5) is 11.6 Å². The number of hydrogen-bond acceptors (Lipinski definition) is 4. The van der Waals surface area contributed by atoms with E-state index in [1.165, 1.54) is 5.56 Å². The van der Waals surface area contributed by atoms with Crippen LogP contribution in [0.3, 0.4) is 0 Å². The average molecular weight is 256 g/mol. The number of nitrogens with one attached hydrogen (secondary N) is 2. The molecule has 1 aromatic carbocycles. The molecule has 100 valence electrons. The maximum absolute atomic E-state index is 4.42. The highest BCUT2D eigenvalue weighted by Crippen LogP contribution is 2.07. The normalized spacial score (nSPS) is 10.2. The van der Waals surface area contributed by atoms with Gasteiger partial charge in [-0.15, -0.1) is 0 Å². The van der Waals surface area contributed by atoms with Crippen molar-refractivity contribution >= 4 is 11.6 Å². The molecule has 0 aliphatic heterocycles. The van der Waals surface area contributed by atoms with Crippen molar-refractivity contribution < 1.29 is 0 Å². The lowest BCUT2D eigenvalue weighted by molar-refractivity contribution is 0.857. The average Bonchev–Trinajstić information content (AvgIpc) is 2.46. The van der Waals surface area contributed by atoms with E-state index in [0.717, 1.165) is 37.6 Å². The predicted octanol–water partition coefficient (Wildman–Crippen LogP) is 2.95. The number of benzene rings is 1. The van der Waals surface area contributed by atoms with Gasteiger partial charge in [0.25, 0.3) is 0 Å². The van der Waals surface area contributed by atoms with Crippen LogP contribution in [-0.4, -0.2) is 23.1 Å². The molecule has 0 aliphatic carbocycles. The Morgan fingerprint density at radius 3 is 2.47 bits per heavy atom. The second-order valence-corrected chi connectivity index (χ2v) is 4.34. The van der Waals surface area contributed by atoms with E-state index in [-0.39, 0.29) is 0 Å². The quantitative estimate of drug-likeness (QED) is 0.748. The van der Waals surface area contributed by atoms with Gasteiger partial charge in [-0.05, 0) is 25.3 Å². The van der Waals surface area contributed by atoms with E-state index in [1.54, 1.807) is 12.4 Å². The summed E-state index contributed by atoms with van der Waals surface area (Å²) in [5, 5.41) is 6.45. The Labute approximate surface area is 114 Å². The van der Waals surface area contributed by atoms with Gasteiger partial charge < -0.3 is 10.6 Å². The van der Waals surface area contributed by atoms with E-state index in [2.05, 4.69) is 44.9 Å². The highest BCUT2D eigenvalue weighted by atomic mass is 15.1. The number of anilines is 2. The summed E-state index contributed by atoms with van der Waals surface area (Å²) in [6.07, 6.45) is 5.65. The van der Waals surface area contributed by atoms with Crippen LogP contribution in [0.15, 0.2) is 42.7 Å². The number of nitrogens with zero attached hydrogens (tertiary/aromatic N) is 2. The summed E-state index contributed by atoms with van der Waals surface area (Å²) in [7, 11) is 0. The molecule has 4 heteroatoms. The Balaban J connectivity index is 1.75. The molecule has 1 heterocycles. The topological polar surface area (TPSA) is 49.8 Å². The molecule has 0 atom stereocenters. The van der Waals surface area contributed by atoms with Crippen LogP contribution >= 0.6 is 0 Å². The fourth-order valence-corrected chi connectivity index (χ4v) is 1.87. The van der Waals surface area contributed by atoms with Crippen LogP contribution in [0.25, 0.3) is 0 Å². The minimum absolute atomic E-state index is 0.815. The largest absolute Gasteiger partial charge is 0.369 e. The molecule has 2 rings (SSSR count). The van der Waals surface area contributed by atoms with E-state index < -0.39 is 0 Å². The molecule has 1 aromatic heterocycles. The lowest BCUT2D eigenvalue weighted by atomic mass is 10.1. The molecule has 19 heavy (non-hydrogen) atoms. The molecule has 0 amide bonds. The van der Waals surface area contributed by atoms with Crippen molar-refractivity contribution in [2.24, 2.45) is 0 Å². The Morgan fingerprint density at radius 2 is 1.74 bits per heavy atom. The molecular formula is C15H20N4. The third-order valence-electron chi connectivity index (χ3n) is 2.78. The summed E-state index contributed by atoms with van der Waals surface area (Å²) in [6.45, 7) is 3.80. The van der Waals surface area contributed by atoms with Crippen LogP contribution in [-0.2, 0) is 6.42 Å². The van der Waals surface area contributed by atoms with Crippen molar-refractivity contribution in [2.45, 2.75) is 19.8 Å².